The number of halogens is 3. The third-order valence-electron chi connectivity index (χ3n) is 5.58. The number of carbonyl (C=O) groups is 3. The molecule has 3 aromatic heterocycles. The molecule has 2 atom stereocenters. The van der Waals surface area contributed by atoms with Crippen molar-refractivity contribution in [3.63, 3.8) is 0 Å². The van der Waals surface area contributed by atoms with E-state index in [9.17, 15) is 32.7 Å². The highest BCUT2D eigenvalue weighted by Crippen LogP contribution is 2.40. The quantitative estimate of drug-likeness (QED) is 0.136. The fraction of sp³-hybridized carbons (Fsp3) is 0.300. The minimum Gasteiger partial charge on any atom is -0.543 e. The molecule has 2 amide bonds. The Bertz CT molecular complexity index is 1540. The van der Waals surface area contributed by atoms with Gasteiger partial charge in [-0.05, 0) is 6.07 Å². The molecule has 3 N–H and O–H groups in total. The second-order valence-corrected chi connectivity index (χ2v) is 10.0. The van der Waals surface area contributed by atoms with Gasteiger partial charge in [0.25, 0.3) is 11.8 Å². The summed E-state index contributed by atoms with van der Waals surface area (Å²) in [6.45, 7) is -1.65. The standard InChI is InChI=1S/C20H16F3N9O5S2/c21-20(22,23)8-37-28-11(14-27-19(24)39-29-14)15(33)26-12-16(34)32-13(18(35)36)9(7-38-17(12)32)6-30-4-5-31-10(30)2-1-3-25-31/h1-5,12,17H,6-8H2,(H3-,24,26,27,29,33,35,36)/b28-11-/t12-,17-/m1/s1. The van der Waals surface area contributed by atoms with Gasteiger partial charge in [-0.25, -0.2) is 4.57 Å². The molecule has 5 heterocycles. The first kappa shape index (κ1) is 26.4. The second-order valence-electron chi connectivity index (χ2n) is 8.14. The summed E-state index contributed by atoms with van der Waals surface area (Å²) in [6.07, 6.45) is 0.267. The lowest BCUT2D eigenvalue weighted by Gasteiger charge is -2.50. The number of hydrogen-bond acceptors (Lipinski definition) is 12. The van der Waals surface area contributed by atoms with Gasteiger partial charge < -0.3 is 25.8 Å². The van der Waals surface area contributed by atoms with Gasteiger partial charge in [0.15, 0.2) is 11.3 Å². The molecule has 0 bridgehead atoms. The Kier molecular flexibility index (Phi) is 6.85. The van der Waals surface area contributed by atoms with E-state index < -0.39 is 53.5 Å². The molecule has 0 saturated carbocycles. The molecular formula is C20H16F3N9O5S2. The number of β-lactam (4-membered cyclic amide) rings is 1. The molecule has 0 unspecified atom stereocenters. The number of alkyl halides is 3. The van der Waals surface area contributed by atoms with Crippen molar-refractivity contribution < 1.29 is 42.1 Å². The average Bonchev–Trinajstić information content (AvgIpc) is 3.50. The monoisotopic (exact) mass is 583 g/mol. The van der Waals surface area contributed by atoms with Gasteiger partial charge in [-0.2, -0.15) is 22.5 Å². The van der Waals surface area contributed by atoms with Crippen molar-refractivity contribution in [1.29, 1.82) is 0 Å². The number of carboxylic acid groups (broad SMARTS) is 1. The van der Waals surface area contributed by atoms with Crippen LogP contribution in [0.4, 0.5) is 18.3 Å². The first-order valence-electron chi connectivity index (χ1n) is 10.9. The van der Waals surface area contributed by atoms with Crippen LogP contribution >= 0.6 is 23.3 Å². The third kappa shape index (κ3) is 5.21. The van der Waals surface area contributed by atoms with Gasteiger partial charge in [0.1, 0.15) is 24.2 Å². The maximum absolute atomic E-state index is 13.0. The van der Waals surface area contributed by atoms with Crippen LogP contribution in [0.2, 0.25) is 0 Å². The number of nitrogen functional groups attached to an aromatic ring is 1. The normalized spacial score (nSPS) is 19.6. The van der Waals surface area contributed by atoms with E-state index in [4.69, 9.17) is 5.73 Å². The first-order valence-corrected chi connectivity index (χ1v) is 12.7. The van der Waals surface area contributed by atoms with Gasteiger partial charge in [0, 0.05) is 28.9 Å². The van der Waals surface area contributed by atoms with Crippen molar-refractivity contribution in [1.82, 2.24) is 29.2 Å². The number of anilines is 1. The van der Waals surface area contributed by atoms with E-state index >= 15 is 0 Å². The van der Waals surface area contributed by atoms with Crippen molar-refractivity contribution in [2.24, 2.45) is 5.16 Å². The highest BCUT2D eigenvalue weighted by Gasteiger charge is 2.53. The number of carboxylic acids is 1. The van der Waals surface area contributed by atoms with E-state index in [1.54, 1.807) is 39.8 Å². The molecule has 204 valence electrons. The highest BCUT2D eigenvalue weighted by atomic mass is 32.2. The van der Waals surface area contributed by atoms with Gasteiger partial charge >= 0.3 is 11.8 Å². The Labute approximate surface area is 224 Å². The molecule has 3 aromatic rings. The number of thioether (sulfide) groups is 1. The molecule has 39 heavy (non-hydrogen) atoms. The molecule has 1 fully saturated rings. The zero-order chi connectivity index (χ0) is 27.9. The molecule has 0 radical (unpaired) electrons. The number of aliphatic carboxylic acids is 1. The molecule has 0 aromatic carbocycles. The lowest BCUT2D eigenvalue weighted by atomic mass is 10.0. The number of nitrogens with zero attached hydrogens (tertiary/aromatic N) is 7. The number of nitrogens with two attached hydrogens (primary N) is 1. The van der Waals surface area contributed by atoms with E-state index in [0.717, 1.165) is 4.90 Å². The number of nitrogens with one attached hydrogen (secondary N) is 1. The second kappa shape index (κ2) is 10.1. The predicted molar refractivity (Wildman–Crippen MR) is 125 cm³/mol. The fourth-order valence-electron chi connectivity index (χ4n) is 3.96. The average molecular weight is 584 g/mol. The van der Waals surface area contributed by atoms with Gasteiger partial charge in [0.2, 0.25) is 18.1 Å². The first-order chi connectivity index (χ1) is 18.5. The van der Waals surface area contributed by atoms with Crippen LogP contribution in [0.3, 0.4) is 0 Å². The minimum absolute atomic E-state index is 0.0871. The number of amides is 2. The largest absolute Gasteiger partial charge is 0.543 e. The van der Waals surface area contributed by atoms with Crippen molar-refractivity contribution in [2.75, 3.05) is 18.1 Å². The molecule has 1 saturated heterocycles. The van der Waals surface area contributed by atoms with Crippen molar-refractivity contribution >= 4 is 57.6 Å². The van der Waals surface area contributed by atoms with E-state index in [2.05, 4.69) is 29.8 Å². The fourth-order valence-corrected chi connectivity index (χ4v) is 5.73. The highest BCUT2D eigenvalue weighted by molar-refractivity contribution is 8.00. The van der Waals surface area contributed by atoms with E-state index in [-0.39, 0.29) is 23.1 Å². The Morgan fingerprint density at radius 1 is 1.38 bits per heavy atom. The van der Waals surface area contributed by atoms with E-state index in [0.29, 0.717) is 22.8 Å². The van der Waals surface area contributed by atoms with Crippen LogP contribution in [0.5, 0.6) is 0 Å². The SMILES string of the molecule is Nc1nc(/C(=N/OCC(F)(F)F)C(=O)N[C@@H]2C(=O)N3C(C(=O)[O-])=C(C[n+]4ccn5ncccc54)CS[C@H]23)ns1. The van der Waals surface area contributed by atoms with Crippen LogP contribution in [0.15, 0.2) is 47.1 Å². The maximum Gasteiger partial charge on any atom is 0.425 e. The van der Waals surface area contributed by atoms with E-state index in [1.807, 2.05) is 0 Å². The number of fused-ring (bicyclic) bond motifs is 2. The van der Waals surface area contributed by atoms with Gasteiger partial charge in [0.05, 0.1) is 17.9 Å². The number of aromatic nitrogens is 5. The number of rotatable bonds is 8. The van der Waals surface area contributed by atoms with Gasteiger partial charge in [-0.3, -0.25) is 14.5 Å². The summed E-state index contributed by atoms with van der Waals surface area (Å²) in [5, 5.41) is 20.9. The van der Waals surface area contributed by atoms with Crippen LogP contribution in [0, 0.1) is 0 Å². The summed E-state index contributed by atoms with van der Waals surface area (Å²) in [7, 11) is 0. The third-order valence-corrected chi connectivity index (χ3v) is 7.46. The molecule has 19 heteroatoms. The number of imidazole rings is 1. The van der Waals surface area contributed by atoms with Crippen LogP contribution in [0.1, 0.15) is 5.82 Å². The zero-order valence-electron chi connectivity index (χ0n) is 19.4. The summed E-state index contributed by atoms with van der Waals surface area (Å²) in [6, 6.07) is 2.29. The number of oxime groups is 1. The van der Waals surface area contributed by atoms with Crippen LogP contribution in [-0.2, 0) is 25.8 Å². The van der Waals surface area contributed by atoms with Crippen LogP contribution < -0.4 is 20.7 Å². The summed E-state index contributed by atoms with van der Waals surface area (Å²) in [4.78, 5) is 46.9. The summed E-state index contributed by atoms with van der Waals surface area (Å²) >= 11 is 1.86. The van der Waals surface area contributed by atoms with Crippen molar-refractivity contribution in [3.05, 3.63) is 47.8 Å². The van der Waals surface area contributed by atoms with Crippen LogP contribution in [-0.4, -0.2) is 77.3 Å². The lowest BCUT2D eigenvalue weighted by molar-refractivity contribution is -0.662. The zero-order valence-corrected chi connectivity index (χ0v) is 21.0. The molecule has 0 aliphatic carbocycles. The Morgan fingerprint density at radius 2 is 2.18 bits per heavy atom. The topological polar surface area (TPSA) is 184 Å². The Morgan fingerprint density at radius 3 is 2.87 bits per heavy atom. The molecule has 5 rings (SSSR count). The molecule has 2 aliphatic heterocycles. The predicted octanol–water partition coefficient (Wildman–Crippen LogP) is -1.56. The van der Waals surface area contributed by atoms with Gasteiger partial charge in [-0.15, -0.1) is 16.3 Å². The molecular weight excluding hydrogens is 567 g/mol. The molecule has 14 nitrogen and oxygen atoms in total. The molecule has 0 spiro atoms. The Balaban J connectivity index is 1.35. The maximum atomic E-state index is 13.0. The Hall–Kier alpha value is -4.26. The number of hydrogen-bond donors (Lipinski definition) is 2. The van der Waals surface area contributed by atoms with E-state index in [1.165, 1.54) is 11.8 Å². The minimum atomic E-state index is -4.73. The summed E-state index contributed by atoms with van der Waals surface area (Å²) < 4.78 is 44.6. The molecule has 2 aliphatic rings. The van der Waals surface area contributed by atoms with Crippen LogP contribution in [0.25, 0.3) is 5.65 Å². The van der Waals surface area contributed by atoms with Crippen molar-refractivity contribution in [2.45, 2.75) is 24.1 Å². The smallest absolute Gasteiger partial charge is 0.425 e. The summed E-state index contributed by atoms with van der Waals surface area (Å²) in [5.74, 6) is -3.65. The lowest BCUT2D eigenvalue weighted by Crippen LogP contribution is -2.71. The van der Waals surface area contributed by atoms with Gasteiger partial charge in [-0.1, -0.05) is 10.3 Å². The van der Waals surface area contributed by atoms with Crippen molar-refractivity contribution in [3.8, 4) is 0 Å². The number of carbonyl (C=O) groups excluding carboxylic acids is 3. The summed E-state index contributed by atoms with van der Waals surface area (Å²) in [5.41, 5.74) is 5.53.